The summed E-state index contributed by atoms with van der Waals surface area (Å²) < 4.78 is 4.81. The zero-order valence-electron chi connectivity index (χ0n) is 12.6. The molecule has 0 aromatic heterocycles. The third-order valence-electron chi connectivity index (χ3n) is 3.47. The molecule has 0 aliphatic heterocycles. The molecule has 0 fully saturated rings. The number of nitrogens with zero attached hydrogens (tertiary/aromatic N) is 1. The summed E-state index contributed by atoms with van der Waals surface area (Å²) in [7, 11) is 0. The Labute approximate surface area is 120 Å². The third kappa shape index (κ3) is 3.39. The topological polar surface area (TPSA) is 62.1 Å². The van der Waals surface area contributed by atoms with Gasteiger partial charge in [0.25, 0.3) is 0 Å². The summed E-state index contributed by atoms with van der Waals surface area (Å²) in [5.41, 5.74) is 5.58. The van der Waals surface area contributed by atoms with Gasteiger partial charge in [-0.25, -0.2) is 4.79 Å². The first-order valence-corrected chi connectivity index (χ1v) is 6.53. The Morgan fingerprint density at radius 2 is 1.95 bits per heavy atom. The number of aryl methyl sites for hydroxylation is 1. The van der Waals surface area contributed by atoms with Gasteiger partial charge >= 0.3 is 5.97 Å². The molecule has 0 bridgehead atoms. The van der Waals surface area contributed by atoms with Crippen molar-refractivity contribution in [2.24, 2.45) is 0 Å². The smallest absolute Gasteiger partial charge is 0.350 e. The van der Waals surface area contributed by atoms with E-state index in [2.05, 4.69) is 19.2 Å². The van der Waals surface area contributed by atoms with Crippen LogP contribution in [0.4, 0.5) is 5.69 Å². The second kappa shape index (κ2) is 6.76. The minimum atomic E-state index is -0.610. The van der Waals surface area contributed by atoms with Crippen LogP contribution in [0.25, 0.3) is 0 Å². The van der Waals surface area contributed by atoms with Crippen LogP contribution in [-0.2, 0) is 9.53 Å². The molecule has 0 aliphatic carbocycles. The molecule has 0 amide bonds. The number of esters is 1. The van der Waals surface area contributed by atoms with E-state index in [1.807, 2.05) is 26.0 Å². The minimum absolute atomic E-state index is 0.0397. The highest BCUT2D eigenvalue weighted by Gasteiger charge is 2.10. The second-order valence-electron chi connectivity index (χ2n) is 4.65. The Hall–Kier alpha value is -2.28. The number of carbonyl (C=O) groups is 1. The molecular formula is C16H20N2O2. The van der Waals surface area contributed by atoms with E-state index in [1.54, 1.807) is 6.92 Å². The van der Waals surface area contributed by atoms with E-state index in [0.29, 0.717) is 0 Å². The molecular weight excluding hydrogens is 252 g/mol. The van der Waals surface area contributed by atoms with Crippen LogP contribution in [0.2, 0.25) is 0 Å². The quantitative estimate of drug-likeness (QED) is 0.519. The molecule has 0 atom stereocenters. The summed E-state index contributed by atoms with van der Waals surface area (Å²) >= 11 is 0. The lowest BCUT2D eigenvalue weighted by Gasteiger charge is -2.14. The van der Waals surface area contributed by atoms with Crippen molar-refractivity contribution >= 4 is 11.7 Å². The van der Waals surface area contributed by atoms with Gasteiger partial charge in [0.05, 0.1) is 6.61 Å². The molecule has 20 heavy (non-hydrogen) atoms. The van der Waals surface area contributed by atoms with Crippen molar-refractivity contribution in [3.8, 4) is 6.07 Å². The highest BCUT2D eigenvalue weighted by Crippen LogP contribution is 2.25. The maximum Gasteiger partial charge on any atom is 0.350 e. The summed E-state index contributed by atoms with van der Waals surface area (Å²) in [6.45, 7) is 10.1. The maximum absolute atomic E-state index is 11.5. The number of carbonyl (C=O) groups excluding carboxylic acids is 1. The van der Waals surface area contributed by atoms with Gasteiger partial charge in [-0.2, -0.15) is 5.26 Å². The van der Waals surface area contributed by atoms with E-state index in [4.69, 9.17) is 10.00 Å². The Kier molecular flexibility index (Phi) is 5.33. The molecule has 1 rings (SSSR count). The van der Waals surface area contributed by atoms with E-state index in [9.17, 15) is 4.79 Å². The van der Waals surface area contributed by atoms with E-state index in [0.717, 1.165) is 11.3 Å². The monoisotopic (exact) mass is 272 g/mol. The average molecular weight is 272 g/mol. The first-order valence-electron chi connectivity index (χ1n) is 6.53. The zero-order chi connectivity index (χ0) is 15.3. The number of hydrogen-bond donors (Lipinski definition) is 1. The number of rotatable bonds is 4. The van der Waals surface area contributed by atoms with Crippen LogP contribution < -0.4 is 5.32 Å². The maximum atomic E-state index is 11.5. The van der Waals surface area contributed by atoms with Crippen LogP contribution in [-0.4, -0.2) is 12.6 Å². The Balaban J connectivity index is 3.06. The Morgan fingerprint density at radius 3 is 2.50 bits per heavy atom. The lowest BCUT2D eigenvalue weighted by molar-refractivity contribution is -0.138. The Bertz CT molecular complexity index is 595. The molecule has 0 aliphatic rings. The molecule has 0 radical (unpaired) electrons. The van der Waals surface area contributed by atoms with Crippen molar-refractivity contribution in [2.75, 3.05) is 11.9 Å². The van der Waals surface area contributed by atoms with E-state index in [1.165, 1.54) is 22.9 Å². The van der Waals surface area contributed by atoms with Crippen molar-refractivity contribution in [2.45, 2.75) is 34.6 Å². The van der Waals surface area contributed by atoms with Crippen LogP contribution in [0.3, 0.4) is 0 Å². The zero-order valence-corrected chi connectivity index (χ0v) is 12.6. The lowest BCUT2D eigenvalue weighted by atomic mass is 9.98. The molecule has 4 heteroatoms. The first kappa shape index (κ1) is 15.8. The summed E-state index contributed by atoms with van der Waals surface area (Å²) in [6, 6.07) is 3.85. The van der Waals surface area contributed by atoms with Crippen LogP contribution in [0.5, 0.6) is 0 Å². The normalized spacial score (nSPS) is 10.9. The molecule has 0 saturated heterocycles. The van der Waals surface area contributed by atoms with Gasteiger partial charge in [0, 0.05) is 11.9 Å². The molecule has 1 aromatic rings. The SMILES string of the molecule is CCOC(=O)/C(C#N)=C/Nc1cc(C)c(C)c(C)c1C. The van der Waals surface area contributed by atoms with E-state index in [-0.39, 0.29) is 12.2 Å². The van der Waals surface area contributed by atoms with Crippen LogP contribution in [0.15, 0.2) is 17.8 Å². The van der Waals surface area contributed by atoms with Gasteiger partial charge in [0.2, 0.25) is 0 Å². The Morgan fingerprint density at radius 1 is 1.30 bits per heavy atom. The van der Waals surface area contributed by atoms with Crippen LogP contribution >= 0.6 is 0 Å². The summed E-state index contributed by atoms with van der Waals surface area (Å²) in [6.07, 6.45) is 1.40. The average Bonchev–Trinajstić information content (AvgIpc) is 2.42. The molecule has 1 aromatic carbocycles. The summed E-state index contributed by atoms with van der Waals surface area (Å²) in [5, 5.41) is 12.0. The minimum Gasteiger partial charge on any atom is -0.462 e. The second-order valence-corrected chi connectivity index (χ2v) is 4.65. The molecule has 1 N–H and O–H groups in total. The fraction of sp³-hybridized carbons (Fsp3) is 0.375. The van der Waals surface area contributed by atoms with Crippen LogP contribution in [0, 0.1) is 39.0 Å². The van der Waals surface area contributed by atoms with Gasteiger partial charge in [-0.1, -0.05) is 0 Å². The standard InChI is InChI=1S/C16H20N2O2/c1-6-20-16(19)14(8-17)9-18-15-7-10(2)11(3)12(4)13(15)5/h7,9,18H,6H2,1-5H3/b14-9+. The summed E-state index contributed by atoms with van der Waals surface area (Å²) in [4.78, 5) is 11.5. The van der Waals surface area contributed by atoms with Crippen molar-refractivity contribution in [3.63, 3.8) is 0 Å². The van der Waals surface area contributed by atoms with Gasteiger partial charge in [-0.3, -0.25) is 0 Å². The van der Waals surface area contributed by atoms with E-state index >= 15 is 0 Å². The number of anilines is 1. The van der Waals surface area contributed by atoms with Crippen molar-refractivity contribution in [1.29, 1.82) is 5.26 Å². The molecule has 0 saturated carbocycles. The number of nitriles is 1. The highest BCUT2D eigenvalue weighted by atomic mass is 16.5. The lowest BCUT2D eigenvalue weighted by Crippen LogP contribution is -2.08. The van der Waals surface area contributed by atoms with Crippen LogP contribution in [0.1, 0.15) is 29.2 Å². The third-order valence-corrected chi connectivity index (χ3v) is 3.47. The number of ether oxygens (including phenoxy) is 1. The molecule has 106 valence electrons. The number of nitrogens with one attached hydrogen (secondary N) is 1. The van der Waals surface area contributed by atoms with Gasteiger partial charge in [-0.05, 0) is 62.9 Å². The van der Waals surface area contributed by atoms with Gasteiger partial charge in [0.15, 0.2) is 5.57 Å². The van der Waals surface area contributed by atoms with Gasteiger partial charge in [0.1, 0.15) is 6.07 Å². The largest absolute Gasteiger partial charge is 0.462 e. The first-order chi connectivity index (χ1) is 9.42. The van der Waals surface area contributed by atoms with E-state index < -0.39 is 5.97 Å². The highest BCUT2D eigenvalue weighted by molar-refractivity contribution is 5.93. The van der Waals surface area contributed by atoms with Gasteiger partial charge in [-0.15, -0.1) is 0 Å². The molecule has 0 spiro atoms. The fourth-order valence-corrected chi connectivity index (χ4v) is 1.86. The summed E-state index contributed by atoms with van der Waals surface area (Å²) in [5.74, 6) is -0.610. The van der Waals surface area contributed by atoms with Crippen molar-refractivity contribution in [3.05, 3.63) is 40.1 Å². The molecule has 0 unspecified atom stereocenters. The number of benzene rings is 1. The molecule has 0 heterocycles. The van der Waals surface area contributed by atoms with Crippen molar-refractivity contribution < 1.29 is 9.53 Å². The van der Waals surface area contributed by atoms with Gasteiger partial charge < -0.3 is 10.1 Å². The predicted octanol–water partition coefficient (Wildman–Crippen LogP) is 3.30. The fourth-order valence-electron chi connectivity index (χ4n) is 1.86. The number of hydrogen-bond acceptors (Lipinski definition) is 4. The molecule has 4 nitrogen and oxygen atoms in total. The predicted molar refractivity (Wildman–Crippen MR) is 79.3 cm³/mol. The van der Waals surface area contributed by atoms with Crippen molar-refractivity contribution in [1.82, 2.24) is 0 Å².